The third-order valence-electron chi connectivity index (χ3n) is 4.51. The highest BCUT2D eigenvalue weighted by Gasteiger charge is 2.31. The molecule has 7 heteroatoms. The molecule has 0 aromatic carbocycles. The van der Waals surface area contributed by atoms with E-state index >= 15 is 0 Å². The first-order valence-electron chi connectivity index (χ1n) is 8.17. The Balaban J connectivity index is 1.60. The second-order valence-corrected chi connectivity index (χ2v) is 6.06. The number of aromatic nitrogens is 1. The molecule has 1 atom stereocenters. The molecule has 2 aliphatic heterocycles. The number of hydrogen-bond acceptors (Lipinski definition) is 5. The maximum absolute atomic E-state index is 12.5. The lowest BCUT2D eigenvalue weighted by Crippen LogP contribution is -2.52. The minimum Gasteiger partial charge on any atom is -0.368 e. The monoisotopic (exact) mass is 328 g/mol. The van der Waals surface area contributed by atoms with Crippen LogP contribution in [0.5, 0.6) is 0 Å². The predicted molar refractivity (Wildman–Crippen MR) is 85.1 cm³/mol. The molecule has 7 nitrogen and oxygen atoms in total. The van der Waals surface area contributed by atoms with Gasteiger partial charge < -0.3 is 14.5 Å². The number of nitrogens with zero attached hydrogens (tertiary/aromatic N) is 4. The lowest BCUT2D eigenvalue weighted by molar-refractivity contribution is -0.142. The highest BCUT2D eigenvalue weighted by Crippen LogP contribution is 2.17. The van der Waals surface area contributed by atoms with Gasteiger partial charge in [-0.3, -0.25) is 9.59 Å². The van der Waals surface area contributed by atoms with Crippen LogP contribution in [0.1, 0.15) is 34.6 Å². The van der Waals surface area contributed by atoms with Crippen LogP contribution in [-0.2, 0) is 9.53 Å². The van der Waals surface area contributed by atoms with Crippen LogP contribution in [-0.4, -0.2) is 65.5 Å². The van der Waals surface area contributed by atoms with Crippen molar-refractivity contribution in [3.8, 4) is 6.07 Å². The summed E-state index contributed by atoms with van der Waals surface area (Å²) in [5, 5.41) is 8.93. The molecular weight excluding hydrogens is 308 g/mol. The maximum atomic E-state index is 12.5. The fourth-order valence-corrected chi connectivity index (χ4v) is 3.07. The van der Waals surface area contributed by atoms with E-state index in [0.717, 1.165) is 12.8 Å². The normalized spacial score (nSPS) is 20.8. The second-order valence-electron chi connectivity index (χ2n) is 6.06. The molecule has 0 bridgehead atoms. The number of ether oxygens (including phenoxy) is 1. The molecule has 1 aromatic heterocycles. The highest BCUT2D eigenvalue weighted by molar-refractivity contribution is 5.92. The van der Waals surface area contributed by atoms with Gasteiger partial charge in [0.05, 0.1) is 11.3 Å². The number of pyridine rings is 1. The van der Waals surface area contributed by atoms with Crippen LogP contribution >= 0.6 is 0 Å². The van der Waals surface area contributed by atoms with Crippen LogP contribution in [0.3, 0.4) is 0 Å². The fourth-order valence-electron chi connectivity index (χ4n) is 3.07. The molecule has 3 heterocycles. The molecule has 0 spiro atoms. The maximum Gasteiger partial charge on any atom is 0.272 e. The summed E-state index contributed by atoms with van der Waals surface area (Å²) in [6, 6.07) is 5.24. The topological polar surface area (TPSA) is 86.5 Å². The summed E-state index contributed by atoms with van der Waals surface area (Å²) >= 11 is 0. The molecule has 0 radical (unpaired) electrons. The Morgan fingerprint density at radius 3 is 2.54 bits per heavy atom. The van der Waals surface area contributed by atoms with E-state index in [1.807, 2.05) is 6.07 Å². The Labute approximate surface area is 140 Å². The summed E-state index contributed by atoms with van der Waals surface area (Å²) in [6.45, 7) is 4.36. The number of amides is 2. The Bertz CT molecular complexity index is 684. The Morgan fingerprint density at radius 1 is 1.25 bits per heavy atom. The summed E-state index contributed by atoms with van der Waals surface area (Å²) in [7, 11) is 0. The van der Waals surface area contributed by atoms with E-state index in [9.17, 15) is 9.59 Å². The van der Waals surface area contributed by atoms with Crippen molar-refractivity contribution in [2.75, 3.05) is 32.8 Å². The predicted octanol–water partition coefficient (Wildman–Crippen LogP) is 0.725. The van der Waals surface area contributed by atoms with E-state index in [4.69, 9.17) is 10.00 Å². The lowest BCUT2D eigenvalue weighted by atomic mass is 10.1. The molecule has 2 amide bonds. The molecule has 1 aromatic rings. The quantitative estimate of drug-likeness (QED) is 0.798. The zero-order chi connectivity index (χ0) is 17.1. The molecule has 2 fully saturated rings. The Hall–Kier alpha value is -2.46. The van der Waals surface area contributed by atoms with Gasteiger partial charge in [0.1, 0.15) is 17.9 Å². The van der Waals surface area contributed by atoms with Gasteiger partial charge in [-0.25, -0.2) is 4.98 Å². The minimum absolute atomic E-state index is 0.0342. The average molecular weight is 328 g/mol. The molecule has 0 aliphatic carbocycles. The van der Waals surface area contributed by atoms with Gasteiger partial charge in [-0.05, 0) is 31.9 Å². The van der Waals surface area contributed by atoms with Crippen LogP contribution in [0.25, 0.3) is 0 Å². The van der Waals surface area contributed by atoms with Crippen LogP contribution in [0.4, 0.5) is 0 Å². The van der Waals surface area contributed by atoms with Gasteiger partial charge in [0.25, 0.3) is 11.8 Å². The number of carbonyl (C=O) groups excluding carboxylic acids is 2. The van der Waals surface area contributed by atoms with E-state index in [1.165, 1.54) is 0 Å². The third kappa shape index (κ3) is 3.24. The first-order valence-corrected chi connectivity index (χ1v) is 8.17. The van der Waals surface area contributed by atoms with Crippen molar-refractivity contribution in [3.05, 3.63) is 29.1 Å². The smallest absolute Gasteiger partial charge is 0.272 e. The fraction of sp³-hybridized carbons (Fsp3) is 0.529. The van der Waals surface area contributed by atoms with Crippen LogP contribution in [0, 0.1) is 18.3 Å². The van der Waals surface area contributed by atoms with Crippen molar-refractivity contribution in [1.82, 2.24) is 14.8 Å². The van der Waals surface area contributed by atoms with E-state index in [2.05, 4.69) is 4.98 Å². The zero-order valence-corrected chi connectivity index (χ0v) is 13.7. The van der Waals surface area contributed by atoms with E-state index in [0.29, 0.717) is 49.7 Å². The van der Waals surface area contributed by atoms with Gasteiger partial charge in [0, 0.05) is 32.8 Å². The number of rotatable bonds is 2. The van der Waals surface area contributed by atoms with Gasteiger partial charge in [0.15, 0.2) is 0 Å². The lowest BCUT2D eigenvalue weighted by Gasteiger charge is -2.35. The highest BCUT2D eigenvalue weighted by atomic mass is 16.5. The molecule has 1 unspecified atom stereocenters. The molecule has 126 valence electrons. The van der Waals surface area contributed by atoms with Crippen LogP contribution in [0.15, 0.2) is 12.1 Å². The van der Waals surface area contributed by atoms with Crippen LogP contribution in [0.2, 0.25) is 0 Å². The number of hydrogen-bond donors (Lipinski definition) is 0. The van der Waals surface area contributed by atoms with Crippen molar-refractivity contribution < 1.29 is 14.3 Å². The molecule has 2 aliphatic rings. The summed E-state index contributed by atoms with van der Waals surface area (Å²) in [5.74, 6) is -0.126. The van der Waals surface area contributed by atoms with E-state index in [1.54, 1.807) is 28.9 Å². The van der Waals surface area contributed by atoms with Gasteiger partial charge >= 0.3 is 0 Å². The number of nitriles is 1. The minimum atomic E-state index is -0.310. The standard InChI is InChI=1S/C17H20N4O3/c1-12-13(11-18)4-5-14(19-12)16(22)20-6-8-21(9-7-20)17(23)15-3-2-10-24-15/h4-5,15H,2-3,6-10H2,1H3. The summed E-state index contributed by atoms with van der Waals surface area (Å²) in [4.78, 5) is 32.6. The second kappa shape index (κ2) is 6.97. The molecular formula is C17H20N4O3. The van der Waals surface area contributed by atoms with Crippen molar-refractivity contribution in [3.63, 3.8) is 0 Å². The number of aryl methyl sites for hydroxylation is 1. The van der Waals surface area contributed by atoms with E-state index < -0.39 is 0 Å². The van der Waals surface area contributed by atoms with Crippen molar-refractivity contribution >= 4 is 11.8 Å². The molecule has 3 rings (SSSR count). The summed E-state index contributed by atoms with van der Waals surface area (Å²) < 4.78 is 5.44. The van der Waals surface area contributed by atoms with Crippen molar-refractivity contribution in [2.45, 2.75) is 25.9 Å². The molecule has 2 saturated heterocycles. The van der Waals surface area contributed by atoms with Crippen molar-refractivity contribution in [2.24, 2.45) is 0 Å². The SMILES string of the molecule is Cc1nc(C(=O)N2CCN(C(=O)C3CCCO3)CC2)ccc1C#N. The third-order valence-corrected chi connectivity index (χ3v) is 4.51. The largest absolute Gasteiger partial charge is 0.368 e. The first kappa shape index (κ1) is 16.4. The molecule has 24 heavy (non-hydrogen) atoms. The van der Waals surface area contributed by atoms with Crippen molar-refractivity contribution in [1.29, 1.82) is 5.26 Å². The van der Waals surface area contributed by atoms with Gasteiger partial charge in [-0.15, -0.1) is 0 Å². The van der Waals surface area contributed by atoms with Gasteiger partial charge in [-0.1, -0.05) is 0 Å². The van der Waals surface area contributed by atoms with E-state index in [-0.39, 0.29) is 17.9 Å². The zero-order valence-electron chi connectivity index (χ0n) is 13.7. The molecule has 0 N–H and O–H groups in total. The first-order chi connectivity index (χ1) is 11.6. The summed E-state index contributed by atoms with van der Waals surface area (Å²) in [6.07, 6.45) is 1.40. The molecule has 0 saturated carbocycles. The number of carbonyl (C=O) groups is 2. The van der Waals surface area contributed by atoms with Crippen LogP contribution < -0.4 is 0 Å². The Kier molecular flexibility index (Phi) is 4.76. The number of piperazine rings is 1. The average Bonchev–Trinajstić information content (AvgIpc) is 3.15. The summed E-state index contributed by atoms with van der Waals surface area (Å²) in [5.41, 5.74) is 1.36. The Morgan fingerprint density at radius 2 is 1.96 bits per heavy atom. The van der Waals surface area contributed by atoms with Gasteiger partial charge in [-0.2, -0.15) is 5.26 Å². The van der Waals surface area contributed by atoms with Gasteiger partial charge in [0.2, 0.25) is 0 Å².